The van der Waals surface area contributed by atoms with Gasteiger partial charge in [0.25, 0.3) is 11.8 Å². The number of rotatable bonds is 6. The van der Waals surface area contributed by atoms with E-state index in [0.717, 1.165) is 42.8 Å². The van der Waals surface area contributed by atoms with Gasteiger partial charge in [-0.2, -0.15) is 10.2 Å². The third kappa shape index (κ3) is 4.94. The molecule has 9 nitrogen and oxygen atoms in total. The number of hydrogen-bond acceptors (Lipinski definition) is 8. The van der Waals surface area contributed by atoms with Crippen molar-refractivity contribution in [2.24, 2.45) is 0 Å². The molecule has 1 saturated heterocycles. The molecular weight excluding hydrogens is 512 g/mol. The number of ether oxygens (including phenoxy) is 1. The van der Waals surface area contributed by atoms with E-state index in [2.05, 4.69) is 20.5 Å². The van der Waals surface area contributed by atoms with Crippen LogP contribution in [0.5, 0.6) is 5.75 Å². The fourth-order valence-corrected chi connectivity index (χ4v) is 5.50. The number of aromatic nitrogens is 4. The largest absolute Gasteiger partial charge is 0.496 e. The van der Waals surface area contributed by atoms with Crippen LogP contribution < -0.4 is 10.1 Å². The molecule has 10 heteroatoms. The Balaban J connectivity index is 1.23. The van der Waals surface area contributed by atoms with E-state index in [1.807, 2.05) is 65.6 Å². The molecule has 39 heavy (non-hydrogen) atoms. The molecule has 5 aromatic rings. The fourth-order valence-electron chi connectivity index (χ4n) is 4.67. The second-order valence-corrected chi connectivity index (χ2v) is 10.1. The number of benzene rings is 2. The topological polar surface area (TPSA) is 110 Å². The third-order valence-corrected chi connectivity index (χ3v) is 7.55. The van der Waals surface area contributed by atoms with Gasteiger partial charge in [0.15, 0.2) is 5.13 Å². The Labute approximate surface area is 228 Å². The molecule has 0 unspecified atom stereocenters. The number of hydrogen-bond donors (Lipinski definition) is 1. The molecule has 1 fully saturated rings. The molecule has 0 bridgehead atoms. The van der Waals surface area contributed by atoms with E-state index < -0.39 is 0 Å². The normalized spacial score (nSPS) is 13.0. The number of nitrogens with zero attached hydrogens (tertiary/aromatic N) is 5. The quantitative estimate of drug-likeness (QED) is 0.313. The summed E-state index contributed by atoms with van der Waals surface area (Å²) in [5.41, 5.74) is 4.72. The number of thiazole rings is 1. The molecular formula is C29H24N6O3S. The lowest BCUT2D eigenvalue weighted by Gasteiger charge is -2.15. The number of pyridine rings is 1. The fraction of sp³-hybridized carbons (Fsp3) is 0.172. The standard InChI is InChI=1S/C29H24N6O3S/c1-38-25-7-3-2-6-20(25)21-16-30-31-17-22(21)26(36)34-29-33-24-13-12-23(32-27(24)39-29)18-8-10-19(11-9-18)28(37)35-14-4-5-15-35/h2-3,6-13,16-17H,4-5,14-15H2,1H3,(H,33,34,36). The molecule has 1 N–H and O–H groups in total. The van der Waals surface area contributed by atoms with Crippen LogP contribution in [0.25, 0.3) is 32.7 Å². The summed E-state index contributed by atoms with van der Waals surface area (Å²) in [7, 11) is 1.58. The molecule has 0 spiro atoms. The van der Waals surface area contributed by atoms with Gasteiger partial charge in [0.2, 0.25) is 0 Å². The van der Waals surface area contributed by atoms with Crippen LogP contribution >= 0.6 is 11.3 Å². The molecule has 1 aliphatic heterocycles. The molecule has 4 heterocycles. The first kappa shape index (κ1) is 24.6. The summed E-state index contributed by atoms with van der Waals surface area (Å²) in [6, 6.07) is 18.7. The zero-order valence-corrected chi connectivity index (χ0v) is 21.9. The highest BCUT2D eigenvalue weighted by Crippen LogP contribution is 2.33. The summed E-state index contributed by atoms with van der Waals surface area (Å²) in [5.74, 6) is 0.344. The Bertz CT molecular complexity index is 1680. The van der Waals surface area contributed by atoms with Gasteiger partial charge in [-0.1, -0.05) is 41.7 Å². The van der Waals surface area contributed by atoms with Crippen LogP contribution in [0.1, 0.15) is 33.6 Å². The van der Waals surface area contributed by atoms with Crippen LogP contribution in [-0.4, -0.2) is 57.1 Å². The second-order valence-electron chi connectivity index (χ2n) is 9.09. The average molecular weight is 537 g/mol. The number of carbonyl (C=O) groups is 2. The van der Waals surface area contributed by atoms with Crippen molar-refractivity contribution in [1.82, 2.24) is 25.1 Å². The molecule has 0 saturated carbocycles. The van der Waals surface area contributed by atoms with Crippen molar-refractivity contribution in [1.29, 1.82) is 0 Å². The number of nitrogens with one attached hydrogen (secondary N) is 1. The van der Waals surface area contributed by atoms with Gasteiger partial charge < -0.3 is 9.64 Å². The van der Waals surface area contributed by atoms with Gasteiger partial charge in [-0.05, 0) is 43.2 Å². The SMILES string of the molecule is COc1ccccc1-c1cnncc1C(=O)Nc1nc2ccc(-c3ccc(C(=O)N4CCCC4)cc3)nc2s1. The number of carbonyl (C=O) groups excluding carboxylic acids is 2. The second kappa shape index (κ2) is 10.6. The molecule has 6 rings (SSSR count). The predicted molar refractivity (Wildman–Crippen MR) is 150 cm³/mol. The van der Waals surface area contributed by atoms with Crippen LogP contribution in [0.3, 0.4) is 0 Å². The molecule has 3 aromatic heterocycles. The molecule has 194 valence electrons. The molecule has 0 radical (unpaired) electrons. The number of fused-ring (bicyclic) bond motifs is 1. The van der Waals surface area contributed by atoms with Crippen molar-refractivity contribution in [3.8, 4) is 28.1 Å². The summed E-state index contributed by atoms with van der Waals surface area (Å²) in [4.78, 5) is 37.8. The summed E-state index contributed by atoms with van der Waals surface area (Å²) in [6.07, 6.45) is 5.10. The van der Waals surface area contributed by atoms with E-state index in [4.69, 9.17) is 9.72 Å². The Morgan fingerprint density at radius 3 is 2.46 bits per heavy atom. The number of anilines is 1. The summed E-state index contributed by atoms with van der Waals surface area (Å²) >= 11 is 1.29. The van der Waals surface area contributed by atoms with Crippen molar-refractivity contribution in [2.75, 3.05) is 25.5 Å². The molecule has 2 aromatic carbocycles. The third-order valence-electron chi connectivity index (χ3n) is 6.67. The first-order valence-electron chi connectivity index (χ1n) is 12.5. The Hall–Kier alpha value is -4.70. The van der Waals surface area contributed by atoms with Gasteiger partial charge >= 0.3 is 0 Å². The Morgan fingerprint density at radius 1 is 0.897 bits per heavy atom. The lowest BCUT2D eigenvalue weighted by Crippen LogP contribution is -2.27. The maximum Gasteiger partial charge on any atom is 0.259 e. The van der Waals surface area contributed by atoms with Gasteiger partial charge in [0.05, 0.1) is 30.8 Å². The van der Waals surface area contributed by atoms with E-state index in [9.17, 15) is 9.59 Å². The highest BCUT2D eigenvalue weighted by Gasteiger charge is 2.20. The van der Waals surface area contributed by atoms with Crippen molar-refractivity contribution < 1.29 is 14.3 Å². The van der Waals surface area contributed by atoms with E-state index >= 15 is 0 Å². The first-order chi connectivity index (χ1) is 19.1. The lowest BCUT2D eigenvalue weighted by atomic mass is 10.0. The van der Waals surface area contributed by atoms with Crippen LogP contribution in [0.2, 0.25) is 0 Å². The zero-order valence-electron chi connectivity index (χ0n) is 21.1. The van der Waals surface area contributed by atoms with E-state index in [-0.39, 0.29) is 11.8 Å². The highest BCUT2D eigenvalue weighted by molar-refractivity contribution is 7.22. The number of likely N-dealkylation sites (tertiary alicyclic amines) is 1. The zero-order chi connectivity index (χ0) is 26.8. The van der Waals surface area contributed by atoms with Gasteiger partial charge in [-0.25, -0.2) is 9.97 Å². The molecule has 1 aliphatic rings. The van der Waals surface area contributed by atoms with E-state index in [1.165, 1.54) is 17.5 Å². The van der Waals surface area contributed by atoms with E-state index in [0.29, 0.717) is 37.9 Å². The number of para-hydroxylation sites is 1. The van der Waals surface area contributed by atoms with Gasteiger partial charge in [0.1, 0.15) is 16.1 Å². The van der Waals surface area contributed by atoms with Crippen molar-refractivity contribution in [2.45, 2.75) is 12.8 Å². The van der Waals surface area contributed by atoms with Crippen molar-refractivity contribution >= 4 is 38.6 Å². The Morgan fingerprint density at radius 2 is 1.67 bits per heavy atom. The van der Waals surface area contributed by atoms with Gasteiger partial charge in [-0.3, -0.25) is 14.9 Å². The van der Waals surface area contributed by atoms with Crippen LogP contribution in [-0.2, 0) is 0 Å². The smallest absolute Gasteiger partial charge is 0.259 e. The van der Waals surface area contributed by atoms with Gasteiger partial charge in [-0.15, -0.1) is 0 Å². The minimum atomic E-state index is -0.358. The van der Waals surface area contributed by atoms with Crippen molar-refractivity contribution in [3.05, 3.63) is 84.2 Å². The number of methoxy groups -OCH3 is 1. The monoisotopic (exact) mass is 536 g/mol. The maximum absolute atomic E-state index is 13.3. The minimum Gasteiger partial charge on any atom is -0.496 e. The summed E-state index contributed by atoms with van der Waals surface area (Å²) < 4.78 is 5.46. The van der Waals surface area contributed by atoms with Crippen LogP contribution in [0, 0.1) is 0 Å². The first-order valence-corrected chi connectivity index (χ1v) is 13.3. The summed E-state index contributed by atoms with van der Waals surface area (Å²) in [5, 5.41) is 11.2. The lowest BCUT2D eigenvalue weighted by molar-refractivity contribution is 0.0792. The predicted octanol–water partition coefficient (Wildman–Crippen LogP) is 5.31. The average Bonchev–Trinajstić information content (AvgIpc) is 3.66. The van der Waals surface area contributed by atoms with E-state index in [1.54, 1.807) is 13.3 Å². The molecule has 0 aliphatic carbocycles. The van der Waals surface area contributed by atoms with Crippen LogP contribution in [0.15, 0.2) is 73.1 Å². The number of amides is 2. The maximum atomic E-state index is 13.3. The van der Waals surface area contributed by atoms with Crippen LogP contribution in [0.4, 0.5) is 5.13 Å². The van der Waals surface area contributed by atoms with Crippen molar-refractivity contribution in [3.63, 3.8) is 0 Å². The summed E-state index contributed by atoms with van der Waals surface area (Å²) in [6.45, 7) is 1.64. The highest BCUT2D eigenvalue weighted by atomic mass is 32.1. The molecule has 2 amide bonds. The Kier molecular flexibility index (Phi) is 6.68. The minimum absolute atomic E-state index is 0.0727. The molecule has 0 atom stereocenters. The van der Waals surface area contributed by atoms with Gasteiger partial charge in [0, 0.05) is 35.3 Å².